The number of aliphatic hydroxyl groups is 2. The summed E-state index contributed by atoms with van der Waals surface area (Å²) in [6.45, 7) is 0. The maximum Gasteiger partial charge on any atom is 0.337 e. The van der Waals surface area contributed by atoms with Crippen molar-refractivity contribution in [2.45, 2.75) is 37.9 Å². The average Bonchev–Trinajstić information content (AvgIpc) is 2.75. The summed E-state index contributed by atoms with van der Waals surface area (Å²) in [6.07, 6.45) is 2.50. The lowest BCUT2D eigenvalue weighted by Crippen LogP contribution is -2.44. The first-order valence-electron chi connectivity index (χ1n) is 6.55. The van der Waals surface area contributed by atoms with Gasteiger partial charge in [-0.15, -0.1) is 0 Å². The Morgan fingerprint density at radius 1 is 1.18 bits per heavy atom. The number of hydrogen-bond acceptors (Lipinski definition) is 4. The summed E-state index contributed by atoms with van der Waals surface area (Å²) in [5, 5.41) is 20.0. The SMILES string of the molecule is COC(=O)[C@H](O)[C@@H](O)C1C2CC3CC(C2)C1C3. The average molecular weight is 240 g/mol. The first-order valence-corrected chi connectivity index (χ1v) is 6.55. The van der Waals surface area contributed by atoms with Crippen LogP contribution in [0.1, 0.15) is 25.7 Å². The summed E-state index contributed by atoms with van der Waals surface area (Å²) < 4.78 is 4.50. The second-order valence-corrected chi connectivity index (χ2v) is 6.03. The van der Waals surface area contributed by atoms with Crippen LogP contribution in [0.3, 0.4) is 0 Å². The van der Waals surface area contributed by atoms with E-state index in [0.717, 1.165) is 11.8 Å². The number of esters is 1. The predicted octanol–water partition coefficient (Wildman–Crippen LogP) is 0.563. The van der Waals surface area contributed by atoms with E-state index >= 15 is 0 Å². The highest BCUT2D eigenvalue weighted by Crippen LogP contribution is 2.62. The van der Waals surface area contributed by atoms with Crippen molar-refractivity contribution < 1.29 is 19.7 Å². The number of carbonyl (C=O) groups is 1. The highest BCUT2D eigenvalue weighted by molar-refractivity contribution is 5.75. The van der Waals surface area contributed by atoms with Gasteiger partial charge in [0.05, 0.1) is 13.2 Å². The van der Waals surface area contributed by atoms with Crippen LogP contribution in [-0.4, -0.2) is 35.5 Å². The Morgan fingerprint density at radius 2 is 1.88 bits per heavy atom. The minimum atomic E-state index is -1.37. The van der Waals surface area contributed by atoms with Crippen LogP contribution in [0.5, 0.6) is 0 Å². The number of aliphatic hydroxyl groups excluding tert-OH is 2. The van der Waals surface area contributed by atoms with Crippen molar-refractivity contribution in [1.29, 1.82) is 0 Å². The number of rotatable bonds is 3. The van der Waals surface area contributed by atoms with Crippen LogP contribution in [-0.2, 0) is 9.53 Å². The fraction of sp³-hybridized carbons (Fsp3) is 0.923. The molecular formula is C13H20O4. The fourth-order valence-corrected chi connectivity index (χ4v) is 4.79. The second kappa shape index (κ2) is 3.95. The van der Waals surface area contributed by atoms with E-state index in [0.29, 0.717) is 11.8 Å². The molecule has 2 N–H and O–H groups in total. The number of ether oxygens (including phenoxy) is 1. The molecule has 96 valence electrons. The van der Waals surface area contributed by atoms with Crippen molar-refractivity contribution in [1.82, 2.24) is 0 Å². The molecule has 5 unspecified atom stereocenters. The van der Waals surface area contributed by atoms with E-state index < -0.39 is 18.2 Å². The standard InChI is InChI=1S/C13H20O4/c1-17-13(16)12(15)11(14)10-8-3-6-2-7(5-8)9(10)4-6/h6-12,14-15H,2-5H2,1H3/t6?,7?,8?,9?,10?,11-,12+/m0/s1. The van der Waals surface area contributed by atoms with Crippen molar-refractivity contribution in [3.63, 3.8) is 0 Å². The van der Waals surface area contributed by atoms with Gasteiger partial charge in [0.1, 0.15) is 0 Å². The minimum Gasteiger partial charge on any atom is -0.467 e. The van der Waals surface area contributed by atoms with E-state index in [1.54, 1.807) is 0 Å². The van der Waals surface area contributed by atoms with E-state index in [2.05, 4.69) is 4.74 Å². The highest BCUT2D eigenvalue weighted by atomic mass is 16.5. The molecule has 4 nitrogen and oxygen atoms in total. The first kappa shape index (κ1) is 11.5. The quantitative estimate of drug-likeness (QED) is 0.708. The van der Waals surface area contributed by atoms with Crippen molar-refractivity contribution >= 4 is 5.97 Å². The Hall–Kier alpha value is -0.610. The molecule has 4 aliphatic carbocycles. The van der Waals surface area contributed by atoms with E-state index in [1.807, 2.05) is 0 Å². The predicted molar refractivity (Wildman–Crippen MR) is 59.9 cm³/mol. The molecule has 4 saturated carbocycles. The summed E-state index contributed by atoms with van der Waals surface area (Å²) in [6, 6.07) is 0. The van der Waals surface area contributed by atoms with Gasteiger partial charge in [0, 0.05) is 0 Å². The summed E-state index contributed by atoms with van der Waals surface area (Å²) >= 11 is 0. The molecule has 4 heteroatoms. The van der Waals surface area contributed by atoms with E-state index in [9.17, 15) is 15.0 Å². The normalized spacial score (nSPS) is 45.9. The minimum absolute atomic E-state index is 0.104. The Labute approximate surface area is 101 Å². The van der Waals surface area contributed by atoms with Crippen LogP contribution in [0.15, 0.2) is 0 Å². The van der Waals surface area contributed by atoms with Gasteiger partial charge < -0.3 is 14.9 Å². The lowest BCUT2D eigenvalue weighted by molar-refractivity contribution is -0.161. The van der Waals surface area contributed by atoms with Crippen LogP contribution >= 0.6 is 0 Å². The molecule has 0 aliphatic heterocycles. The van der Waals surface area contributed by atoms with Gasteiger partial charge in [-0.25, -0.2) is 4.79 Å². The van der Waals surface area contributed by atoms with Crippen LogP contribution in [0.4, 0.5) is 0 Å². The lowest BCUT2D eigenvalue weighted by atomic mass is 9.72. The molecule has 4 fully saturated rings. The zero-order valence-corrected chi connectivity index (χ0v) is 10.1. The maximum absolute atomic E-state index is 11.3. The zero-order chi connectivity index (χ0) is 12.2. The Kier molecular flexibility index (Phi) is 2.67. The molecule has 0 aromatic rings. The zero-order valence-electron chi connectivity index (χ0n) is 10.1. The summed E-state index contributed by atoms with van der Waals surface area (Å²) in [4.78, 5) is 11.3. The Morgan fingerprint density at radius 3 is 2.53 bits per heavy atom. The van der Waals surface area contributed by atoms with E-state index in [-0.39, 0.29) is 5.92 Å². The smallest absolute Gasteiger partial charge is 0.337 e. The molecule has 0 aromatic carbocycles. The maximum atomic E-state index is 11.3. The molecule has 7 atom stereocenters. The highest BCUT2D eigenvalue weighted by Gasteiger charge is 2.57. The molecule has 0 amide bonds. The van der Waals surface area contributed by atoms with Crippen molar-refractivity contribution in [3.8, 4) is 0 Å². The number of hydrogen-bond donors (Lipinski definition) is 2. The van der Waals surface area contributed by atoms with Crippen LogP contribution in [0.25, 0.3) is 0 Å². The summed E-state index contributed by atoms with van der Waals surface area (Å²) in [5.74, 6) is 1.98. The second-order valence-electron chi connectivity index (χ2n) is 6.03. The molecule has 0 saturated heterocycles. The van der Waals surface area contributed by atoms with Crippen molar-refractivity contribution in [3.05, 3.63) is 0 Å². The van der Waals surface area contributed by atoms with E-state index in [4.69, 9.17) is 0 Å². The third kappa shape index (κ3) is 1.61. The fourth-order valence-electron chi connectivity index (χ4n) is 4.79. The van der Waals surface area contributed by atoms with Gasteiger partial charge in [0.25, 0.3) is 0 Å². The Bertz CT molecular complexity index is 325. The van der Waals surface area contributed by atoms with Gasteiger partial charge >= 0.3 is 5.97 Å². The van der Waals surface area contributed by atoms with Crippen LogP contribution in [0, 0.1) is 29.6 Å². The number of methoxy groups -OCH3 is 1. The van der Waals surface area contributed by atoms with Crippen molar-refractivity contribution in [2.24, 2.45) is 29.6 Å². The van der Waals surface area contributed by atoms with Crippen LogP contribution < -0.4 is 0 Å². The van der Waals surface area contributed by atoms with Gasteiger partial charge in [-0.05, 0) is 55.3 Å². The van der Waals surface area contributed by atoms with Crippen LogP contribution in [0.2, 0.25) is 0 Å². The van der Waals surface area contributed by atoms with Gasteiger partial charge in [0.2, 0.25) is 0 Å². The number of carbonyl (C=O) groups excluding carboxylic acids is 1. The molecular weight excluding hydrogens is 220 g/mol. The van der Waals surface area contributed by atoms with Gasteiger partial charge in [-0.2, -0.15) is 0 Å². The molecule has 17 heavy (non-hydrogen) atoms. The van der Waals surface area contributed by atoms with Gasteiger partial charge in [0.15, 0.2) is 6.10 Å². The van der Waals surface area contributed by atoms with Gasteiger partial charge in [-0.3, -0.25) is 0 Å². The first-order chi connectivity index (χ1) is 8.11. The molecule has 4 rings (SSSR count). The summed E-state index contributed by atoms with van der Waals surface area (Å²) in [7, 11) is 1.24. The topological polar surface area (TPSA) is 66.8 Å². The molecule has 0 aromatic heterocycles. The lowest BCUT2D eigenvalue weighted by Gasteiger charge is -2.36. The largest absolute Gasteiger partial charge is 0.467 e. The molecule has 4 bridgehead atoms. The molecule has 4 aliphatic rings. The van der Waals surface area contributed by atoms with E-state index in [1.165, 1.54) is 32.8 Å². The third-order valence-corrected chi connectivity index (χ3v) is 5.29. The summed E-state index contributed by atoms with van der Waals surface area (Å²) in [5.41, 5.74) is 0. The molecule has 0 spiro atoms. The molecule has 0 heterocycles. The van der Waals surface area contributed by atoms with Gasteiger partial charge in [-0.1, -0.05) is 0 Å². The van der Waals surface area contributed by atoms with Crippen molar-refractivity contribution in [2.75, 3.05) is 7.11 Å². The Balaban J connectivity index is 1.75. The molecule has 0 radical (unpaired) electrons. The monoisotopic (exact) mass is 240 g/mol. The third-order valence-electron chi connectivity index (χ3n) is 5.29.